The molecular weight excluding hydrogens is 356 g/mol. The number of hydrogen-bond donors (Lipinski definition) is 2. The predicted octanol–water partition coefficient (Wildman–Crippen LogP) is 3.96. The van der Waals surface area contributed by atoms with Gasteiger partial charge in [-0.2, -0.15) is 0 Å². The van der Waals surface area contributed by atoms with Crippen LogP contribution in [0.4, 0.5) is 10.5 Å². The highest BCUT2D eigenvalue weighted by Gasteiger charge is 2.16. The molecule has 0 heterocycles. The summed E-state index contributed by atoms with van der Waals surface area (Å²) < 4.78 is 5.34. The number of amides is 2. The van der Waals surface area contributed by atoms with Crippen molar-refractivity contribution in [1.82, 2.24) is 5.32 Å². The normalized spacial score (nSPS) is 10.2. The first-order chi connectivity index (χ1) is 13.5. The SMILES string of the molecule is CN(C(=O)Oc1ccc(O)c(C(=O)NCc2ccccc2)c1)c1ccccc1. The summed E-state index contributed by atoms with van der Waals surface area (Å²) in [6.07, 6.45) is -0.604. The molecule has 0 saturated heterocycles. The zero-order valence-electron chi connectivity index (χ0n) is 15.3. The third-order valence-corrected chi connectivity index (χ3v) is 4.13. The Morgan fingerprint density at radius 1 is 0.964 bits per heavy atom. The molecule has 0 aromatic heterocycles. The molecule has 28 heavy (non-hydrogen) atoms. The van der Waals surface area contributed by atoms with Crippen molar-refractivity contribution in [2.45, 2.75) is 6.54 Å². The van der Waals surface area contributed by atoms with Crippen LogP contribution in [0.2, 0.25) is 0 Å². The highest BCUT2D eigenvalue weighted by molar-refractivity contribution is 5.97. The Morgan fingerprint density at radius 2 is 1.61 bits per heavy atom. The average molecular weight is 376 g/mol. The van der Waals surface area contributed by atoms with E-state index in [4.69, 9.17) is 4.74 Å². The van der Waals surface area contributed by atoms with Gasteiger partial charge < -0.3 is 15.2 Å². The van der Waals surface area contributed by atoms with Gasteiger partial charge in [-0.3, -0.25) is 9.69 Å². The maximum atomic E-state index is 12.4. The Hall–Kier alpha value is -3.80. The maximum absolute atomic E-state index is 12.4. The van der Waals surface area contributed by atoms with Crippen LogP contribution >= 0.6 is 0 Å². The number of carbonyl (C=O) groups excluding carboxylic acids is 2. The third-order valence-electron chi connectivity index (χ3n) is 4.13. The number of benzene rings is 3. The van der Waals surface area contributed by atoms with E-state index in [0.717, 1.165) is 5.56 Å². The summed E-state index contributed by atoms with van der Waals surface area (Å²) in [6, 6.07) is 22.5. The molecule has 0 aliphatic heterocycles. The summed E-state index contributed by atoms with van der Waals surface area (Å²) in [5.41, 5.74) is 1.64. The molecule has 142 valence electrons. The van der Waals surface area contributed by atoms with Crippen LogP contribution in [0.15, 0.2) is 78.9 Å². The lowest BCUT2D eigenvalue weighted by molar-refractivity contribution is 0.0947. The fourth-order valence-corrected chi connectivity index (χ4v) is 2.56. The third kappa shape index (κ3) is 4.67. The maximum Gasteiger partial charge on any atom is 0.419 e. The van der Waals surface area contributed by atoms with E-state index in [0.29, 0.717) is 12.2 Å². The van der Waals surface area contributed by atoms with E-state index < -0.39 is 12.0 Å². The number of carbonyl (C=O) groups is 2. The minimum atomic E-state index is -0.604. The molecule has 3 rings (SSSR count). The number of ether oxygens (including phenoxy) is 1. The van der Waals surface area contributed by atoms with Gasteiger partial charge in [0.25, 0.3) is 5.91 Å². The topological polar surface area (TPSA) is 78.9 Å². The summed E-state index contributed by atoms with van der Waals surface area (Å²) in [5, 5.41) is 12.7. The fourth-order valence-electron chi connectivity index (χ4n) is 2.56. The molecule has 6 heteroatoms. The van der Waals surface area contributed by atoms with Gasteiger partial charge in [0.1, 0.15) is 11.5 Å². The second-order valence-electron chi connectivity index (χ2n) is 6.11. The number of rotatable bonds is 5. The first kappa shape index (κ1) is 19.0. The average Bonchev–Trinajstić information content (AvgIpc) is 2.74. The van der Waals surface area contributed by atoms with E-state index in [1.165, 1.54) is 23.1 Å². The van der Waals surface area contributed by atoms with Crippen molar-refractivity contribution in [2.24, 2.45) is 0 Å². The summed E-state index contributed by atoms with van der Waals surface area (Å²) in [6.45, 7) is 0.319. The molecule has 2 amide bonds. The highest BCUT2D eigenvalue weighted by atomic mass is 16.6. The van der Waals surface area contributed by atoms with Crippen molar-refractivity contribution >= 4 is 17.7 Å². The van der Waals surface area contributed by atoms with Gasteiger partial charge in [-0.25, -0.2) is 4.79 Å². The van der Waals surface area contributed by atoms with E-state index >= 15 is 0 Å². The van der Waals surface area contributed by atoms with Crippen molar-refractivity contribution in [3.8, 4) is 11.5 Å². The van der Waals surface area contributed by atoms with Crippen molar-refractivity contribution in [3.05, 3.63) is 90.0 Å². The van der Waals surface area contributed by atoms with Crippen LogP contribution in [0, 0.1) is 0 Å². The number of phenolic OH excluding ortho intramolecular Hbond substituents is 1. The van der Waals surface area contributed by atoms with Gasteiger partial charge in [0.15, 0.2) is 0 Å². The number of anilines is 1. The standard InChI is InChI=1S/C22H20N2O4/c1-24(17-10-6-3-7-11-17)22(27)28-18-12-13-20(25)19(14-18)21(26)23-15-16-8-4-2-5-9-16/h2-14,25H,15H2,1H3,(H,23,26). The van der Waals surface area contributed by atoms with E-state index in [1.54, 1.807) is 19.2 Å². The van der Waals surface area contributed by atoms with Gasteiger partial charge >= 0.3 is 6.09 Å². The Bertz CT molecular complexity index is 959. The molecule has 0 atom stereocenters. The minimum absolute atomic E-state index is 0.0311. The summed E-state index contributed by atoms with van der Waals surface area (Å²) in [7, 11) is 1.59. The van der Waals surface area contributed by atoms with Gasteiger partial charge in [0.05, 0.1) is 5.56 Å². The van der Waals surface area contributed by atoms with E-state index in [2.05, 4.69) is 5.32 Å². The number of para-hydroxylation sites is 1. The molecule has 0 fully saturated rings. The van der Waals surface area contributed by atoms with Crippen LogP contribution in [0.5, 0.6) is 11.5 Å². The smallest absolute Gasteiger partial charge is 0.419 e. The molecule has 0 aliphatic carbocycles. The van der Waals surface area contributed by atoms with Crippen molar-refractivity contribution in [3.63, 3.8) is 0 Å². The molecule has 6 nitrogen and oxygen atoms in total. The Labute approximate surface area is 163 Å². The molecule has 0 bridgehead atoms. The molecule has 0 saturated carbocycles. The zero-order chi connectivity index (χ0) is 19.9. The number of nitrogens with zero attached hydrogens (tertiary/aromatic N) is 1. The van der Waals surface area contributed by atoms with Crippen LogP contribution in [0.1, 0.15) is 15.9 Å². The van der Waals surface area contributed by atoms with Crippen LogP contribution in [0.25, 0.3) is 0 Å². The highest BCUT2D eigenvalue weighted by Crippen LogP contribution is 2.24. The minimum Gasteiger partial charge on any atom is -0.507 e. The lowest BCUT2D eigenvalue weighted by atomic mass is 10.1. The van der Waals surface area contributed by atoms with Gasteiger partial charge in [0.2, 0.25) is 0 Å². The fraction of sp³-hybridized carbons (Fsp3) is 0.0909. The Morgan fingerprint density at radius 3 is 2.29 bits per heavy atom. The lowest BCUT2D eigenvalue weighted by Crippen LogP contribution is -2.29. The molecule has 3 aromatic carbocycles. The predicted molar refractivity (Wildman–Crippen MR) is 107 cm³/mol. The first-order valence-electron chi connectivity index (χ1n) is 8.70. The molecule has 0 unspecified atom stereocenters. The number of hydrogen-bond acceptors (Lipinski definition) is 4. The molecule has 0 radical (unpaired) electrons. The second-order valence-corrected chi connectivity index (χ2v) is 6.11. The molecule has 0 aliphatic rings. The first-order valence-corrected chi connectivity index (χ1v) is 8.70. The molecule has 0 spiro atoms. The second kappa shape index (κ2) is 8.73. The van der Waals surface area contributed by atoms with Gasteiger partial charge in [-0.05, 0) is 35.9 Å². The molecular formula is C22H20N2O4. The Kier molecular flexibility index (Phi) is 5.91. The van der Waals surface area contributed by atoms with Gasteiger partial charge in [0, 0.05) is 19.3 Å². The number of phenols is 1. The molecule has 2 N–H and O–H groups in total. The molecule has 3 aromatic rings. The summed E-state index contributed by atoms with van der Waals surface area (Å²) in [4.78, 5) is 26.1. The van der Waals surface area contributed by atoms with Crippen LogP contribution in [-0.2, 0) is 6.54 Å². The van der Waals surface area contributed by atoms with E-state index in [-0.39, 0.29) is 17.1 Å². The van der Waals surface area contributed by atoms with Crippen molar-refractivity contribution in [1.29, 1.82) is 0 Å². The van der Waals surface area contributed by atoms with Gasteiger partial charge in [-0.1, -0.05) is 48.5 Å². The zero-order valence-corrected chi connectivity index (χ0v) is 15.3. The monoisotopic (exact) mass is 376 g/mol. The summed E-state index contributed by atoms with van der Waals surface area (Å²) in [5.74, 6) is -0.493. The van der Waals surface area contributed by atoms with Crippen LogP contribution in [0.3, 0.4) is 0 Å². The lowest BCUT2D eigenvalue weighted by Gasteiger charge is -2.17. The van der Waals surface area contributed by atoms with Crippen molar-refractivity contribution < 1.29 is 19.4 Å². The van der Waals surface area contributed by atoms with Crippen LogP contribution < -0.4 is 15.0 Å². The number of nitrogens with one attached hydrogen (secondary N) is 1. The van der Waals surface area contributed by atoms with Crippen molar-refractivity contribution in [2.75, 3.05) is 11.9 Å². The van der Waals surface area contributed by atoms with Gasteiger partial charge in [-0.15, -0.1) is 0 Å². The largest absolute Gasteiger partial charge is 0.507 e. The Balaban J connectivity index is 1.68. The van der Waals surface area contributed by atoms with Crippen LogP contribution in [-0.4, -0.2) is 24.2 Å². The number of aromatic hydroxyl groups is 1. The quantitative estimate of drug-likeness (QED) is 0.707. The van der Waals surface area contributed by atoms with E-state index in [9.17, 15) is 14.7 Å². The summed E-state index contributed by atoms with van der Waals surface area (Å²) >= 11 is 0. The van der Waals surface area contributed by atoms with E-state index in [1.807, 2.05) is 48.5 Å².